The zero-order valence-electron chi connectivity index (χ0n) is 15.2. The first-order chi connectivity index (χ1) is 12.6. The number of nitrogens with zero attached hydrogens (tertiary/aromatic N) is 1. The van der Waals surface area contributed by atoms with Crippen LogP contribution in [0.2, 0.25) is 0 Å². The molecule has 3 aliphatic rings. The van der Waals surface area contributed by atoms with Gasteiger partial charge < -0.3 is 4.74 Å². The van der Waals surface area contributed by atoms with E-state index in [-0.39, 0.29) is 29.6 Å². The highest BCUT2D eigenvalue weighted by atomic mass is 16.5. The second kappa shape index (κ2) is 7.15. The van der Waals surface area contributed by atoms with E-state index in [1.54, 1.807) is 0 Å². The molecule has 1 saturated carbocycles. The Labute approximate surface area is 155 Å². The van der Waals surface area contributed by atoms with Crippen molar-refractivity contribution in [2.24, 2.45) is 5.92 Å². The van der Waals surface area contributed by atoms with E-state index in [1.807, 2.05) is 49.9 Å². The molecule has 4 nitrogen and oxygen atoms in total. The first-order valence-electron chi connectivity index (χ1n) is 9.26. The van der Waals surface area contributed by atoms with Gasteiger partial charge in [0.05, 0.1) is 18.9 Å². The number of benzene rings is 1. The molecule has 3 fully saturated rings. The Bertz CT molecular complexity index is 677. The molecule has 0 spiro atoms. The average molecular weight is 350 g/mol. The van der Waals surface area contributed by atoms with Crippen molar-refractivity contribution in [1.82, 2.24) is 4.90 Å². The molecule has 135 valence electrons. The third-order valence-corrected chi connectivity index (χ3v) is 6.27. The SMILES string of the molecule is COC(=O)[C@H]1[C@@H](c2ccc(C(=O)[C]3[CH][CH][CH][CH]3)cc2)C[C@@H]2CC[C@H]1N2C. The van der Waals surface area contributed by atoms with Crippen molar-refractivity contribution < 1.29 is 14.3 Å². The number of esters is 1. The van der Waals surface area contributed by atoms with Gasteiger partial charge in [-0.2, -0.15) is 0 Å². The van der Waals surface area contributed by atoms with Crippen LogP contribution in [0.15, 0.2) is 24.3 Å². The summed E-state index contributed by atoms with van der Waals surface area (Å²) in [5, 5.41) is 0. The largest absolute Gasteiger partial charge is 0.469 e. The van der Waals surface area contributed by atoms with Crippen LogP contribution < -0.4 is 0 Å². The molecule has 2 saturated heterocycles. The minimum Gasteiger partial charge on any atom is -0.469 e. The van der Waals surface area contributed by atoms with Crippen LogP contribution in [-0.2, 0) is 9.53 Å². The van der Waals surface area contributed by atoms with Gasteiger partial charge in [0.25, 0.3) is 0 Å². The van der Waals surface area contributed by atoms with Gasteiger partial charge >= 0.3 is 5.97 Å². The van der Waals surface area contributed by atoms with Gasteiger partial charge in [0.1, 0.15) is 0 Å². The lowest BCUT2D eigenvalue weighted by Gasteiger charge is -2.41. The molecule has 26 heavy (non-hydrogen) atoms. The van der Waals surface area contributed by atoms with Crippen molar-refractivity contribution in [3.63, 3.8) is 0 Å². The molecular weight excluding hydrogens is 326 g/mol. The molecule has 0 N–H and O–H groups in total. The Morgan fingerprint density at radius 3 is 2.42 bits per heavy atom. The second-order valence-electron chi connectivity index (χ2n) is 7.48. The highest BCUT2D eigenvalue weighted by molar-refractivity contribution is 6.09. The summed E-state index contributed by atoms with van der Waals surface area (Å²) in [5.41, 5.74) is 1.81. The number of hydrogen-bond donors (Lipinski definition) is 0. The summed E-state index contributed by atoms with van der Waals surface area (Å²) in [4.78, 5) is 27.4. The minimum absolute atomic E-state index is 0.0366. The van der Waals surface area contributed by atoms with Crippen molar-refractivity contribution >= 4 is 11.8 Å². The maximum absolute atomic E-state index is 12.5. The number of ether oxygens (including phenoxy) is 1. The number of ketones is 1. The van der Waals surface area contributed by atoms with Crippen molar-refractivity contribution in [3.05, 3.63) is 67.0 Å². The normalized spacial score (nSPS) is 31.9. The van der Waals surface area contributed by atoms with E-state index >= 15 is 0 Å². The molecule has 2 heterocycles. The monoisotopic (exact) mass is 350 g/mol. The number of Topliss-reactive ketones (excluding diaryl/α,β-unsaturated/α-hetero) is 1. The van der Waals surface area contributed by atoms with E-state index in [9.17, 15) is 9.59 Å². The molecule has 2 aliphatic heterocycles. The number of hydrogen-bond acceptors (Lipinski definition) is 4. The van der Waals surface area contributed by atoms with E-state index in [4.69, 9.17) is 4.74 Å². The van der Waals surface area contributed by atoms with Crippen LogP contribution in [0, 0.1) is 37.5 Å². The molecule has 0 amide bonds. The number of carbonyl (C=O) groups excluding carboxylic acids is 2. The van der Waals surface area contributed by atoms with Gasteiger partial charge in [-0.05, 0) is 57.6 Å². The van der Waals surface area contributed by atoms with E-state index < -0.39 is 0 Å². The lowest BCUT2D eigenvalue weighted by atomic mass is 9.76. The maximum Gasteiger partial charge on any atom is 0.310 e. The van der Waals surface area contributed by atoms with Crippen LogP contribution in [0.3, 0.4) is 0 Å². The van der Waals surface area contributed by atoms with Gasteiger partial charge in [0, 0.05) is 23.6 Å². The highest BCUT2D eigenvalue weighted by Crippen LogP contribution is 2.46. The smallest absolute Gasteiger partial charge is 0.310 e. The average Bonchev–Trinajstić information content (AvgIpc) is 3.27. The van der Waals surface area contributed by atoms with Gasteiger partial charge in [-0.1, -0.05) is 24.3 Å². The van der Waals surface area contributed by atoms with Crippen molar-refractivity contribution in [1.29, 1.82) is 0 Å². The number of carbonyl (C=O) groups is 2. The molecule has 4 atom stereocenters. The topological polar surface area (TPSA) is 46.6 Å². The summed E-state index contributed by atoms with van der Waals surface area (Å²) in [6.07, 6.45) is 10.6. The zero-order valence-corrected chi connectivity index (χ0v) is 15.2. The van der Waals surface area contributed by atoms with Crippen LogP contribution in [0.25, 0.3) is 0 Å². The fourth-order valence-electron chi connectivity index (χ4n) is 4.84. The van der Waals surface area contributed by atoms with Gasteiger partial charge in [0.2, 0.25) is 0 Å². The molecule has 1 aliphatic carbocycles. The van der Waals surface area contributed by atoms with Crippen molar-refractivity contribution in [2.75, 3.05) is 14.2 Å². The Morgan fingerprint density at radius 1 is 1.08 bits per heavy atom. The summed E-state index contributed by atoms with van der Waals surface area (Å²) in [5.74, 6) is 0.640. The summed E-state index contributed by atoms with van der Waals surface area (Å²) in [7, 11) is 3.60. The number of methoxy groups -OCH3 is 1. The van der Waals surface area contributed by atoms with Crippen LogP contribution in [0.5, 0.6) is 0 Å². The van der Waals surface area contributed by atoms with Crippen molar-refractivity contribution in [3.8, 4) is 0 Å². The summed E-state index contributed by atoms with van der Waals surface area (Å²) in [6.45, 7) is 0. The minimum atomic E-state index is -0.139. The van der Waals surface area contributed by atoms with Crippen LogP contribution in [0.1, 0.15) is 41.1 Å². The quantitative estimate of drug-likeness (QED) is 0.619. The van der Waals surface area contributed by atoms with Crippen LogP contribution in [0.4, 0.5) is 0 Å². The Hall–Kier alpha value is -1.68. The second-order valence-corrected chi connectivity index (χ2v) is 7.48. The van der Waals surface area contributed by atoms with E-state index in [1.165, 1.54) is 7.11 Å². The lowest BCUT2D eigenvalue weighted by Crippen LogP contribution is -2.49. The molecule has 0 unspecified atom stereocenters. The predicted molar refractivity (Wildman–Crippen MR) is 98.7 cm³/mol. The molecule has 2 bridgehead atoms. The molecule has 1 aromatic rings. The summed E-state index contributed by atoms with van der Waals surface area (Å²) in [6, 6.07) is 8.58. The number of piperidine rings is 1. The fraction of sp³-hybridized carbons (Fsp3) is 0.409. The first kappa shape index (κ1) is 17.7. The standard InChI is InChI=1S/C22H24NO3/c1-23-17-11-12-19(23)20(22(25)26-2)18(13-17)14-7-9-16(10-8-14)21(24)15-5-3-4-6-15/h3-10,17-20H,11-13H2,1-2H3/t17-,18+,19+,20-/m0/s1. The van der Waals surface area contributed by atoms with Gasteiger partial charge in [0.15, 0.2) is 5.78 Å². The molecule has 1 aromatic carbocycles. The summed E-state index contributed by atoms with van der Waals surface area (Å²) >= 11 is 0. The molecule has 4 rings (SSSR count). The Balaban J connectivity index is 1.57. The lowest BCUT2D eigenvalue weighted by molar-refractivity contribution is -0.150. The zero-order chi connectivity index (χ0) is 18.3. The summed E-state index contributed by atoms with van der Waals surface area (Å²) < 4.78 is 5.13. The highest BCUT2D eigenvalue weighted by Gasteiger charge is 2.49. The first-order valence-corrected chi connectivity index (χ1v) is 9.26. The molecule has 4 heteroatoms. The van der Waals surface area contributed by atoms with E-state index in [0.29, 0.717) is 17.5 Å². The van der Waals surface area contributed by atoms with Gasteiger partial charge in [-0.3, -0.25) is 14.5 Å². The van der Waals surface area contributed by atoms with Gasteiger partial charge in [-0.25, -0.2) is 0 Å². The number of rotatable bonds is 4. The van der Waals surface area contributed by atoms with Gasteiger partial charge in [-0.15, -0.1) is 0 Å². The third kappa shape index (κ3) is 2.98. The Kier molecular flexibility index (Phi) is 4.87. The predicted octanol–water partition coefficient (Wildman–Crippen LogP) is 3.01. The number of fused-ring (bicyclic) bond motifs is 2. The van der Waals surface area contributed by atoms with E-state index in [0.717, 1.165) is 24.8 Å². The molecule has 0 aromatic heterocycles. The van der Waals surface area contributed by atoms with E-state index in [2.05, 4.69) is 11.9 Å². The Morgan fingerprint density at radius 2 is 1.77 bits per heavy atom. The third-order valence-electron chi connectivity index (χ3n) is 6.27. The fourth-order valence-corrected chi connectivity index (χ4v) is 4.84. The van der Waals surface area contributed by atoms with Crippen LogP contribution in [-0.4, -0.2) is 42.9 Å². The molecular formula is C22H24NO3. The van der Waals surface area contributed by atoms with Crippen molar-refractivity contribution in [2.45, 2.75) is 37.3 Å². The molecule has 5 radical (unpaired) electrons. The van der Waals surface area contributed by atoms with Crippen LogP contribution >= 0.6 is 0 Å². The maximum atomic E-state index is 12.5.